The fourth-order valence-electron chi connectivity index (χ4n) is 2.42. The molecule has 26 heavy (non-hydrogen) atoms. The van der Waals surface area contributed by atoms with E-state index in [2.05, 4.69) is 25.3 Å². The Morgan fingerprint density at radius 3 is 2.77 bits per heavy atom. The number of thiazole rings is 1. The first kappa shape index (κ1) is 20.1. The molecule has 0 bridgehead atoms. The zero-order chi connectivity index (χ0) is 18.9. The zero-order valence-electron chi connectivity index (χ0n) is 15.2. The molecule has 0 aliphatic carbocycles. The molecule has 5 nitrogen and oxygen atoms in total. The van der Waals surface area contributed by atoms with E-state index in [1.807, 2.05) is 25.3 Å². The standard InChI is InChI=1S/C18H24F2N4OS/c1-12-6-7-15(25-17(19)20)14(9-12)10-23-18(21-3)22-8-4-5-16-24-13(2)11-26-16/h6-7,9,11,17H,4-5,8,10H2,1-3H3,(H2,21,22,23). The van der Waals surface area contributed by atoms with Crippen molar-refractivity contribution in [2.24, 2.45) is 4.99 Å². The van der Waals surface area contributed by atoms with Crippen molar-refractivity contribution in [3.05, 3.63) is 45.4 Å². The van der Waals surface area contributed by atoms with Gasteiger partial charge in [0.2, 0.25) is 0 Å². The van der Waals surface area contributed by atoms with Crippen LogP contribution in [0, 0.1) is 13.8 Å². The molecule has 1 aromatic heterocycles. The molecule has 0 fully saturated rings. The number of guanidine groups is 1. The number of hydrogen-bond donors (Lipinski definition) is 2. The Morgan fingerprint density at radius 1 is 1.31 bits per heavy atom. The minimum absolute atomic E-state index is 0.174. The Kier molecular flexibility index (Phi) is 7.77. The number of rotatable bonds is 8. The van der Waals surface area contributed by atoms with Gasteiger partial charge in [0.05, 0.1) is 5.01 Å². The summed E-state index contributed by atoms with van der Waals surface area (Å²) in [5, 5.41) is 9.52. The molecule has 2 aromatic rings. The number of hydrogen-bond acceptors (Lipinski definition) is 4. The van der Waals surface area contributed by atoms with E-state index in [0.717, 1.165) is 35.7 Å². The van der Waals surface area contributed by atoms with Gasteiger partial charge in [-0.2, -0.15) is 8.78 Å². The number of aryl methyl sites for hydroxylation is 3. The van der Waals surface area contributed by atoms with Gasteiger partial charge in [-0.3, -0.25) is 4.99 Å². The second-order valence-corrected chi connectivity index (χ2v) is 6.77. The third-order valence-corrected chi connectivity index (χ3v) is 4.65. The lowest BCUT2D eigenvalue weighted by molar-refractivity contribution is -0.0504. The summed E-state index contributed by atoms with van der Waals surface area (Å²) in [5.74, 6) is 0.789. The van der Waals surface area contributed by atoms with Gasteiger partial charge in [0.1, 0.15) is 5.75 Å². The van der Waals surface area contributed by atoms with E-state index in [0.29, 0.717) is 18.1 Å². The lowest BCUT2D eigenvalue weighted by atomic mass is 10.1. The van der Waals surface area contributed by atoms with Gasteiger partial charge in [0.15, 0.2) is 5.96 Å². The number of alkyl halides is 2. The van der Waals surface area contributed by atoms with Crippen molar-refractivity contribution in [3.63, 3.8) is 0 Å². The van der Waals surface area contributed by atoms with Crippen molar-refractivity contribution in [2.45, 2.75) is 39.8 Å². The van der Waals surface area contributed by atoms with Gasteiger partial charge in [0, 0.05) is 43.2 Å². The average molecular weight is 382 g/mol. The number of ether oxygens (including phenoxy) is 1. The van der Waals surface area contributed by atoms with Crippen molar-refractivity contribution in [1.29, 1.82) is 0 Å². The van der Waals surface area contributed by atoms with E-state index >= 15 is 0 Å². The molecule has 0 radical (unpaired) electrons. The summed E-state index contributed by atoms with van der Waals surface area (Å²) in [5.41, 5.74) is 2.69. The van der Waals surface area contributed by atoms with Crippen molar-refractivity contribution < 1.29 is 13.5 Å². The number of aliphatic imine (C=N–C) groups is 1. The van der Waals surface area contributed by atoms with Gasteiger partial charge < -0.3 is 15.4 Å². The van der Waals surface area contributed by atoms with Crippen LogP contribution in [0.25, 0.3) is 0 Å². The molecule has 0 aliphatic rings. The van der Waals surface area contributed by atoms with E-state index in [1.54, 1.807) is 30.5 Å². The maximum absolute atomic E-state index is 12.5. The molecule has 0 unspecified atom stereocenters. The fourth-order valence-corrected chi connectivity index (χ4v) is 3.24. The fraction of sp³-hybridized carbons (Fsp3) is 0.444. The van der Waals surface area contributed by atoms with Crippen molar-refractivity contribution in [2.75, 3.05) is 13.6 Å². The maximum Gasteiger partial charge on any atom is 0.387 e. The molecule has 1 heterocycles. The first-order valence-corrected chi connectivity index (χ1v) is 9.25. The van der Waals surface area contributed by atoms with E-state index in [-0.39, 0.29) is 5.75 Å². The van der Waals surface area contributed by atoms with Crippen LogP contribution in [-0.4, -0.2) is 31.1 Å². The summed E-state index contributed by atoms with van der Waals surface area (Å²) in [6.07, 6.45) is 1.84. The summed E-state index contributed by atoms with van der Waals surface area (Å²) in [6, 6.07) is 5.13. The molecule has 8 heteroatoms. The van der Waals surface area contributed by atoms with Crippen molar-refractivity contribution >= 4 is 17.3 Å². The van der Waals surface area contributed by atoms with Gasteiger partial charge in [-0.15, -0.1) is 11.3 Å². The molecule has 0 amide bonds. The molecule has 142 valence electrons. The molecule has 2 N–H and O–H groups in total. The molecule has 0 saturated heterocycles. The Bertz CT molecular complexity index is 734. The van der Waals surface area contributed by atoms with Crippen LogP contribution in [0.1, 0.15) is 28.2 Å². The second-order valence-electron chi connectivity index (χ2n) is 5.83. The van der Waals surface area contributed by atoms with Crippen molar-refractivity contribution in [1.82, 2.24) is 15.6 Å². The normalized spacial score (nSPS) is 11.7. The van der Waals surface area contributed by atoms with Crippen LogP contribution in [0.15, 0.2) is 28.6 Å². The van der Waals surface area contributed by atoms with Crippen LogP contribution in [0.3, 0.4) is 0 Å². The maximum atomic E-state index is 12.5. The summed E-state index contributed by atoms with van der Waals surface area (Å²) in [7, 11) is 1.67. The minimum Gasteiger partial charge on any atom is -0.434 e. The Balaban J connectivity index is 1.82. The predicted octanol–water partition coefficient (Wildman–Crippen LogP) is 3.66. The van der Waals surface area contributed by atoms with Gasteiger partial charge >= 0.3 is 6.61 Å². The number of nitrogens with zero attached hydrogens (tertiary/aromatic N) is 2. The molecule has 0 spiro atoms. The van der Waals surface area contributed by atoms with E-state index in [9.17, 15) is 8.78 Å². The van der Waals surface area contributed by atoms with Gasteiger partial charge in [-0.1, -0.05) is 17.7 Å². The Labute approximate surface area is 156 Å². The quantitative estimate of drug-likeness (QED) is 0.416. The highest BCUT2D eigenvalue weighted by atomic mass is 32.1. The van der Waals surface area contributed by atoms with Gasteiger partial charge in [-0.25, -0.2) is 4.98 Å². The third-order valence-electron chi connectivity index (χ3n) is 3.63. The largest absolute Gasteiger partial charge is 0.434 e. The predicted molar refractivity (Wildman–Crippen MR) is 101 cm³/mol. The first-order chi connectivity index (χ1) is 12.5. The summed E-state index contributed by atoms with van der Waals surface area (Å²) < 4.78 is 29.6. The Hall–Kier alpha value is -2.22. The number of benzene rings is 1. The molecule has 0 atom stereocenters. The zero-order valence-corrected chi connectivity index (χ0v) is 16.0. The minimum atomic E-state index is -2.84. The summed E-state index contributed by atoms with van der Waals surface area (Å²) >= 11 is 1.67. The van der Waals surface area contributed by atoms with Gasteiger partial charge in [0.25, 0.3) is 0 Å². The number of aromatic nitrogens is 1. The molecular weight excluding hydrogens is 358 g/mol. The first-order valence-electron chi connectivity index (χ1n) is 8.38. The van der Waals surface area contributed by atoms with E-state index in [1.165, 1.54) is 0 Å². The Morgan fingerprint density at radius 2 is 2.12 bits per heavy atom. The highest BCUT2D eigenvalue weighted by Gasteiger charge is 2.10. The highest BCUT2D eigenvalue weighted by Crippen LogP contribution is 2.21. The topological polar surface area (TPSA) is 58.5 Å². The smallest absolute Gasteiger partial charge is 0.387 e. The molecule has 0 aliphatic heterocycles. The van der Waals surface area contributed by atoms with Crippen LogP contribution in [-0.2, 0) is 13.0 Å². The van der Waals surface area contributed by atoms with E-state index < -0.39 is 6.61 Å². The van der Waals surface area contributed by atoms with Crippen LogP contribution in [0.4, 0.5) is 8.78 Å². The van der Waals surface area contributed by atoms with Crippen LogP contribution < -0.4 is 15.4 Å². The lowest BCUT2D eigenvalue weighted by Crippen LogP contribution is -2.37. The molecular formula is C18H24F2N4OS. The van der Waals surface area contributed by atoms with Gasteiger partial charge in [-0.05, 0) is 26.3 Å². The summed E-state index contributed by atoms with van der Waals surface area (Å²) in [6.45, 7) is 2.13. The van der Waals surface area contributed by atoms with E-state index in [4.69, 9.17) is 0 Å². The summed E-state index contributed by atoms with van der Waals surface area (Å²) in [4.78, 5) is 8.59. The van der Waals surface area contributed by atoms with Crippen LogP contribution >= 0.6 is 11.3 Å². The average Bonchev–Trinajstić information content (AvgIpc) is 3.01. The third kappa shape index (κ3) is 6.59. The molecule has 1 aromatic carbocycles. The lowest BCUT2D eigenvalue weighted by Gasteiger charge is -2.15. The van der Waals surface area contributed by atoms with Crippen LogP contribution in [0.5, 0.6) is 5.75 Å². The number of halogens is 2. The highest BCUT2D eigenvalue weighted by molar-refractivity contribution is 7.09. The number of nitrogens with one attached hydrogen (secondary N) is 2. The SMILES string of the molecule is CN=C(NCCCc1nc(C)cs1)NCc1cc(C)ccc1OC(F)F. The molecule has 0 saturated carbocycles. The molecule has 2 rings (SSSR count). The monoisotopic (exact) mass is 382 g/mol. The second kappa shape index (κ2) is 10.1. The van der Waals surface area contributed by atoms with Crippen LogP contribution in [0.2, 0.25) is 0 Å². The van der Waals surface area contributed by atoms with Crippen molar-refractivity contribution in [3.8, 4) is 5.75 Å².